The molecule has 10 heteroatoms. The first-order chi connectivity index (χ1) is 15.8. The highest BCUT2D eigenvalue weighted by Gasteiger charge is 2.25. The highest BCUT2D eigenvalue weighted by Crippen LogP contribution is 2.35. The number of nitrogens with zero attached hydrogens (tertiary/aromatic N) is 3. The number of fused-ring (bicyclic) bond motifs is 1. The van der Waals surface area contributed by atoms with Crippen molar-refractivity contribution in [3.8, 4) is 11.1 Å². The summed E-state index contributed by atoms with van der Waals surface area (Å²) in [6.07, 6.45) is 2.25. The van der Waals surface area contributed by atoms with Crippen LogP contribution in [0.1, 0.15) is 17.3 Å². The van der Waals surface area contributed by atoms with Crippen molar-refractivity contribution < 1.29 is 14.3 Å². The van der Waals surface area contributed by atoms with E-state index in [-0.39, 0.29) is 28.8 Å². The lowest BCUT2D eigenvalue weighted by Crippen LogP contribution is -2.31. The molecule has 0 aliphatic carbocycles. The minimum absolute atomic E-state index is 0.0875. The molecule has 0 saturated carbocycles. The van der Waals surface area contributed by atoms with Crippen LogP contribution in [0.25, 0.3) is 11.1 Å². The molecule has 0 unspecified atom stereocenters. The van der Waals surface area contributed by atoms with E-state index in [0.29, 0.717) is 35.3 Å². The standard InChI is InChI=1S/C23H23ClFN5O3/c1-13(31)11-27-21(32)17-12-26-6-5-19(17)28-20-10-16(15-9-14(24)3-4-18(15)25)23(33)30-8-7-29(2)22(20)30/h3-6,9-10,12-13,31H,7-8,11H2,1-2H3,(H,26,28)(H,27,32)/t13-/m1/s1. The highest BCUT2D eigenvalue weighted by molar-refractivity contribution is 6.30. The smallest absolute Gasteiger partial charge is 0.260 e. The highest BCUT2D eigenvalue weighted by atomic mass is 35.5. The number of hydrogen-bond donors (Lipinski definition) is 3. The van der Waals surface area contributed by atoms with Crippen LogP contribution in [0.4, 0.5) is 21.6 Å². The average molecular weight is 472 g/mol. The molecule has 172 valence electrons. The molecule has 3 N–H and O–H groups in total. The van der Waals surface area contributed by atoms with E-state index in [1.54, 1.807) is 23.6 Å². The van der Waals surface area contributed by atoms with Crippen LogP contribution in [0.3, 0.4) is 0 Å². The number of hydrogen-bond acceptors (Lipinski definition) is 6. The molecule has 3 aromatic rings. The molecule has 0 saturated heterocycles. The number of aliphatic hydroxyl groups excluding tert-OH is 1. The molecule has 4 rings (SSSR count). The Kier molecular flexibility index (Phi) is 6.35. The molecule has 1 atom stereocenters. The van der Waals surface area contributed by atoms with Gasteiger partial charge >= 0.3 is 0 Å². The van der Waals surface area contributed by atoms with E-state index in [1.165, 1.54) is 30.6 Å². The summed E-state index contributed by atoms with van der Waals surface area (Å²) in [5, 5.41) is 15.7. The van der Waals surface area contributed by atoms with Crippen LogP contribution in [-0.2, 0) is 6.54 Å². The van der Waals surface area contributed by atoms with Crippen LogP contribution in [0.2, 0.25) is 5.02 Å². The van der Waals surface area contributed by atoms with Crippen molar-refractivity contribution in [1.82, 2.24) is 14.9 Å². The van der Waals surface area contributed by atoms with Gasteiger partial charge in [0, 0.05) is 49.7 Å². The zero-order valence-electron chi connectivity index (χ0n) is 18.1. The van der Waals surface area contributed by atoms with Crippen LogP contribution < -0.4 is 21.1 Å². The number of halogens is 2. The fourth-order valence-corrected chi connectivity index (χ4v) is 3.96. The van der Waals surface area contributed by atoms with Gasteiger partial charge in [0.25, 0.3) is 11.5 Å². The van der Waals surface area contributed by atoms with Crippen molar-refractivity contribution in [1.29, 1.82) is 0 Å². The zero-order valence-corrected chi connectivity index (χ0v) is 18.9. The molecule has 0 fully saturated rings. The van der Waals surface area contributed by atoms with Gasteiger partial charge < -0.3 is 20.6 Å². The first-order valence-corrected chi connectivity index (χ1v) is 10.8. The van der Waals surface area contributed by atoms with E-state index >= 15 is 0 Å². The Balaban J connectivity index is 1.82. The number of carbonyl (C=O) groups excluding carboxylic acids is 1. The summed E-state index contributed by atoms with van der Waals surface area (Å²) in [7, 11) is 1.85. The van der Waals surface area contributed by atoms with Gasteiger partial charge in [0.05, 0.1) is 28.6 Å². The normalized spacial score (nSPS) is 13.5. The Labute approximate surface area is 194 Å². The maximum Gasteiger partial charge on any atom is 0.260 e. The second-order valence-electron chi connectivity index (χ2n) is 7.90. The third-order valence-electron chi connectivity index (χ3n) is 5.39. The Morgan fingerprint density at radius 1 is 1.24 bits per heavy atom. The summed E-state index contributed by atoms with van der Waals surface area (Å²) in [4.78, 5) is 31.8. The van der Waals surface area contributed by atoms with Crippen molar-refractivity contribution >= 4 is 34.7 Å². The lowest BCUT2D eigenvalue weighted by Gasteiger charge is -2.20. The van der Waals surface area contributed by atoms with Crippen molar-refractivity contribution in [2.75, 3.05) is 30.4 Å². The minimum atomic E-state index is -0.699. The van der Waals surface area contributed by atoms with Gasteiger partial charge in [-0.2, -0.15) is 0 Å². The third kappa shape index (κ3) is 4.55. The van der Waals surface area contributed by atoms with Gasteiger partial charge in [0.15, 0.2) is 0 Å². The Morgan fingerprint density at radius 3 is 2.79 bits per heavy atom. The molecule has 0 spiro atoms. The third-order valence-corrected chi connectivity index (χ3v) is 5.63. The number of aliphatic hydroxyl groups is 1. The number of amides is 1. The largest absolute Gasteiger partial charge is 0.392 e. The predicted octanol–water partition coefficient (Wildman–Crippen LogP) is 3.01. The maximum absolute atomic E-state index is 14.6. The van der Waals surface area contributed by atoms with Crippen LogP contribution >= 0.6 is 11.6 Å². The van der Waals surface area contributed by atoms with Crippen LogP contribution in [0, 0.1) is 5.82 Å². The van der Waals surface area contributed by atoms with Crippen molar-refractivity contribution in [3.63, 3.8) is 0 Å². The molecule has 1 amide bonds. The molecule has 8 nitrogen and oxygen atoms in total. The predicted molar refractivity (Wildman–Crippen MR) is 126 cm³/mol. The number of anilines is 3. The topological polar surface area (TPSA) is 99.5 Å². The molecule has 3 heterocycles. The van der Waals surface area contributed by atoms with E-state index in [1.807, 2.05) is 11.9 Å². The fraction of sp³-hybridized carbons (Fsp3) is 0.261. The quantitative estimate of drug-likeness (QED) is 0.511. The van der Waals surface area contributed by atoms with Gasteiger partial charge in [-0.05, 0) is 37.3 Å². The van der Waals surface area contributed by atoms with Crippen LogP contribution in [0.5, 0.6) is 0 Å². The summed E-state index contributed by atoms with van der Waals surface area (Å²) in [5.74, 6) is -0.347. The second kappa shape index (κ2) is 9.21. The van der Waals surface area contributed by atoms with E-state index in [9.17, 15) is 19.1 Å². The first kappa shape index (κ1) is 22.8. The van der Waals surface area contributed by atoms with Crippen molar-refractivity contribution in [3.05, 3.63) is 69.5 Å². The number of aromatic nitrogens is 2. The summed E-state index contributed by atoms with van der Waals surface area (Å²) in [6.45, 7) is 2.70. The fourth-order valence-electron chi connectivity index (χ4n) is 3.79. The Bertz CT molecular complexity index is 1280. The SMILES string of the molecule is C[C@@H](O)CNC(=O)c1cnccc1Nc1cc(-c2cc(Cl)ccc2F)c(=O)n2c1N(C)CC2. The van der Waals surface area contributed by atoms with E-state index in [0.717, 1.165) is 0 Å². The molecule has 1 aliphatic rings. The van der Waals surface area contributed by atoms with Crippen molar-refractivity contribution in [2.24, 2.45) is 0 Å². The monoisotopic (exact) mass is 471 g/mol. The number of benzene rings is 1. The zero-order chi connectivity index (χ0) is 23.7. The minimum Gasteiger partial charge on any atom is -0.392 e. The molecule has 2 aromatic heterocycles. The molecule has 0 bridgehead atoms. The Morgan fingerprint density at radius 2 is 2.03 bits per heavy atom. The second-order valence-corrected chi connectivity index (χ2v) is 8.34. The van der Waals surface area contributed by atoms with Crippen LogP contribution in [-0.4, -0.2) is 46.8 Å². The van der Waals surface area contributed by atoms with Crippen LogP contribution in [0.15, 0.2) is 47.5 Å². The summed E-state index contributed by atoms with van der Waals surface area (Å²) < 4.78 is 16.2. The van der Waals surface area contributed by atoms with Gasteiger partial charge in [-0.1, -0.05) is 11.6 Å². The molecule has 1 aliphatic heterocycles. The molecule has 0 radical (unpaired) electrons. The number of rotatable bonds is 6. The summed E-state index contributed by atoms with van der Waals surface area (Å²) >= 11 is 6.07. The number of likely N-dealkylation sites (N-methyl/N-ethyl adjacent to an activating group) is 1. The van der Waals surface area contributed by atoms with Gasteiger partial charge in [-0.25, -0.2) is 4.39 Å². The van der Waals surface area contributed by atoms with Gasteiger partial charge in [-0.15, -0.1) is 0 Å². The lowest BCUT2D eigenvalue weighted by molar-refractivity contribution is 0.0924. The molecular formula is C23H23ClFN5O3. The van der Waals surface area contributed by atoms with Crippen molar-refractivity contribution in [2.45, 2.75) is 19.6 Å². The van der Waals surface area contributed by atoms with E-state index in [2.05, 4.69) is 15.6 Å². The average Bonchev–Trinajstić information content (AvgIpc) is 3.18. The molecular weight excluding hydrogens is 449 g/mol. The molecule has 33 heavy (non-hydrogen) atoms. The lowest BCUT2D eigenvalue weighted by atomic mass is 10.1. The molecule has 1 aromatic carbocycles. The van der Waals surface area contributed by atoms with E-state index in [4.69, 9.17) is 11.6 Å². The number of nitrogens with one attached hydrogen (secondary N) is 2. The number of pyridine rings is 2. The maximum atomic E-state index is 14.6. The number of carbonyl (C=O) groups is 1. The Hall–Kier alpha value is -3.43. The summed E-state index contributed by atoms with van der Waals surface area (Å²) in [5.41, 5.74) is 1.17. The van der Waals surface area contributed by atoms with Gasteiger partial charge in [0.2, 0.25) is 0 Å². The van der Waals surface area contributed by atoms with Gasteiger partial charge in [-0.3, -0.25) is 19.1 Å². The van der Waals surface area contributed by atoms with Gasteiger partial charge in [0.1, 0.15) is 11.6 Å². The van der Waals surface area contributed by atoms with E-state index < -0.39 is 17.8 Å². The first-order valence-electron chi connectivity index (χ1n) is 10.4. The summed E-state index contributed by atoms with van der Waals surface area (Å²) in [6, 6.07) is 7.27.